The summed E-state index contributed by atoms with van der Waals surface area (Å²) >= 11 is 6.01. The third-order valence-corrected chi connectivity index (χ3v) is 9.35. The predicted octanol–water partition coefficient (Wildman–Crippen LogP) is 5.78. The van der Waals surface area contributed by atoms with Crippen molar-refractivity contribution in [1.82, 2.24) is 9.80 Å². The minimum atomic E-state index is -4.01. The molecule has 40 heavy (non-hydrogen) atoms. The van der Waals surface area contributed by atoms with E-state index >= 15 is 0 Å². The number of benzene rings is 4. The lowest BCUT2D eigenvalue weighted by Gasteiger charge is -2.40. The number of sulfonamides is 1. The topological polar surface area (TPSA) is 60.9 Å². The molecule has 4 aromatic carbocycles. The largest absolute Gasteiger partial charge is 0.339 e. The van der Waals surface area contributed by atoms with E-state index in [0.29, 0.717) is 36.9 Å². The summed E-state index contributed by atoms with van der Waals surface area (Å²) in [6.07, 6.45) is 0. The SMILES string of the molecule is Cc1ccccc1N(CC(=O)N1CCN(C(c2ccccc2)c2ccccc2)CC1)S(=O)(=O)c1ccc(Cl)cc1. The second-order valence-corrected chi connectivity index (χ2v) is 12.2. The van der Waals surface area contributed by atoms with Crippen LogP contribution >= 0.6 is 11.6 Å². The number of rotatable bonds is 8. The molecule has 0 spiro atoms. The highest BCUT2D eigenvalue weighted by molar-refractivity contribution is 7.92. The Kier molecular flexibility index (Phi) is 8.54. The van der Waals surface area contributed by atoms with Crippen molar-refractivity contribution in [2.24, 2.45) is 0 Å². The van der Waals surface area contributed by atoms with Gasteiger partial charge in [0.15, 0.2) is 0 Å². The summed E-state index contributed by atoms with van der Waals surface area (Å²) in [5, 5.41) is 0.444. The minimum Gasteiger partial charge on any atom is -0.339 e. The van der Waals surface area contributed by atoms with Gasteiger partial charge in [-0.15, -0.1) is 0 Å². The summed E-state index contributed by atoms with van der Waals surface area (Å²) in [4.78, 5) is 17.9. The second kappa shape index (κ2) is 12.3. The quantitative estimate of drug-likeness (QED) is 0.268. The molecule has 1 amide bonds. The van der Waals surface area contributed by atoms with E-state index in [0.717, 1.165) is 5.56 Å². The monoisotopic (exact) mass is 573 g/mol. The zero-order chi connectivity index (χ0) is 28.1. The van der Waals surface area contributed by atoms with Crippen LogP contribution in [0, 0.1) is 6.92 Å². The first-order chi connectivity index (χ1) is 19.3. The Morgan fingerprint density at radius 2 is 1.30 bits per heavy atom. The van der Waals surface area contributed by atoms with Gasteiger partial charge in [0.1, 0.15) is 6.54 Å². The van der Waals surface area contributed by atoms with E-state index in [4.69, 9.17) is 11.6 Å². The second-order valence-electron chi connectivity index (χ2n) is 9.89. The van der Waals surface area contributed by atoms with Crippen LogP contribution in [0.25, 0.3) is 0 Å². The maximum absolute atomic E-state index is 13.8. The highest BCUT2D eigenvalue weighted by Crippen LogP contribution is 2.30. The Bertz CT molecular complexity index is 1500. The van der Waals surface area contributed by atoms with Gasteiger partial charge in [0, 0.05) is 31.2 Å². The zero-order valence-electron chi connectivity index (χ0n) is 22.4. The molecular weight excluding hydrogens is 542 g/mol. The lowest BCUT2D eigenvalue weighted by atomic mass is 9.96. The van der Waals surface area contributed by atoms with Crippen molar-refractivity contribution in [3.05, 3.63) is 131 Å². The molecule has 1 aliphatic rings. The van der Waals surface area contributed by atoms with Gasteiger partial charge in [0.25, 0.3) is 10.0 Å². The molecule has 0 N–H and O–H groups in total. The molecule has 0 atom stereocenters. The van der Waals surface area contributed by atoms with Gasteiger partial charge in [-0.05, 0) is 53.9 Å². The van der Waals surface area contributed by atoms with E-state index in [1.54, 1.807) is 29.2 Å². The number of nitrogens with zero attached hydrogens (tertiary/aromatic N) is 3. The van der Waals surface area contributed by atoms with Gasteiger partial charge in [0.2, 0.25) is 5.91 Å². The van der Waals surface area contributed by atoms with Crippen LogP contribution in [0.3, 0.4) is 0 Å². The number of carbonyl (C=O) groups is 1. The average molecular weight is 574 g/mol. The number of hydrogen-bond acceptors (Lipinski definition) is 4. The van der Waals surface area contributed by atoms with Crippen molar-refractivity contribution in [1.29, 1.82) is 0 Å². The van der Waals surface area contributed by atoms with Crippen molar-refractivity contribution in [3.63, 3.8) is 0 Å². The van der Waals surface area contributed by atoms with Gasteiger partial charge in [0.05, 0.1) is 16.6 Å². The Hall–Kier alpha value is -3.65. The van der Waals surface area contributed by atoms with Crippen LogP contribution in [0.2, 0.25) is 5.02 Å². The number of piperazine rings is 1. The molecule has 0 unspecified atom stereocenters. The molecule has 0 bridgehead atoms. The lowest BCUT2D eigenvalue weighted by Crippen LogP contribution is -2.52. The molecule has 0 saturated carbocycles. The molecule has 8 heteroatoms. The van der Waals surface area contributed by atoms with E-state index in [1.165, 1.54) is 27.6 Å². The predicted molar refractivity (Wildman–Crippen MR) is 160 cm³/mol. The van der Waals surface area contributed by atoms with E-state index in [-0.39, 0.29) is 23.4 Å². The molecule has 6 nitrogen and oxygen atoms in total. The molecule has 0 aliphatic carbocycles. The molecule has 1 fully saturated rings. The van der Waals surface area contributed by atoms with Crippen molar-refractivity contribution in [2.45, 2.75) is 17.9 Å². The van der Waals surface area contributed by atoms with Crippen LogP contribution in [0.1, 0.15) is 22.7 Å². The Morgan fingerprint density at radius 1 is 0.775 bits per heavy atom. The summed E-state index contributed by atoms with van der Waals surface area (Å²) in [5.74, 6) is -0.226. The number of aryl methyl sites for hydroxylation is 1. The molecule has 1 saturated heterocycles. The van der Waals surface area contributed by atoms with E-state index in [9.17, 15) is 13.2 Å². The molecular formula is C32H32ClN3O3S. The first-order valence-corrected chi connectivity index (χ1v) is 15.1. The first kappa shape index (κ1) is 27.9. The Labute approximate surface area is 241 Å². The van der Waals surface area contributed by atoms with Crippen LogP contribution in [0.5, 0.6) is 0 Å². The van der Waals surface area contributed by atoms with Crippen molar-refractivity contribution in [3.8, 4) is 0 Å². The molecule has 206 valence electrons. The number of carbonyl (C=O) groups excluding carboxylic acids is 1. The first-order valence-electron chi connectivity index (χ1n) is 13.3. The van der Waals surface area contributed by atoms with Crippen LogP contribution in [0.15, 0.2) is 114 Å². The van der Waals surface area contributed by atoms with Gasteiger partial charge < -0.3 is 4.90 Å². The molecule has 1 aliphatic heterocycles. The third-order valence-electron chi connectivity index (χ3n) is 7.33. The maximum Gasteiger partial charge on any atom is 0.264 e. The van der Waals surface area contributed by atoms with E-state index in [2.05, 4.69) is 29.2 Å². The van der Waals surface area contributed by atoms with Gasteiger partial charge in [-0.2, -0.15) is 0 Å². The summed E-state index contributed by atoms with van der Waals surface area (Å²) < 4.78 is 28.8. The fourth-order valence-corrected chi connectivity index (χ4v) is 6.82. The average Bonchev–Trinajstić information content (AvgIpc) is 2.98. The number of hydrogen-bond donors (Lipinski definition) is 0. The summed E-state index contributed by atoms with van der Waals surface area (Å²) in [7, 11) is -4.01. The molecule has 0 radical (unpaired) electrons. The molecule has 1 heterocycles. The fourth-order valence-electron chi connectivity index (χ4n) is 5.21. The van der Waals surface area contributed by atoms with Gasteiger partial charge in [-0.3, -0.25) is 14.0 Å². The number of halogens is 1. The van der Waals surface area contributed by atoms with Gasteiger partial charge in [-0.25, -0.2) is 8.42 Å². The van der Waals surface area contributed by atoms with E-state index < -0.39 is 10.0 Å². The number of anilines is 1. The van der Waals surface area contributed by atoms with Gasteiger partial charge in [-0.1, -0.05) is 90.5 Å². The fraction of sp³-hybridized carbons (Fsp3) is 0.219. The minimum absolute atomic E-state index is 0.0772. The van der Waals surface area contributed by atoms with E-state index in [1.807, 2.05) is 55.5 Å². The molecule has 4 aromatic rings. The molecule has 0 aromatic heterocycles. The maximum atomic E-state index is 13.8. The van der Waals surface area contributed by atoms with Gasteiger partial charge >= 0.3 is 0 Å². The summed E-state index contributed by atoms with van der Waals surface area (Å²) in [6, 6.07) is 34.1. The lowest BCUT2D eigenvalue weighted by molar-refractivity contribution is -0.131. The highest BCUT2D eigenvalue weighted by atomic mass is 35.5. The zero-order valence-corrected chi connectivity index (χ0v) is 23.9. The third kappa shape index (κ3) is 6.07. The highest BCUT2D eigenvalue weighted by Gasteiger charge is 2.32. The van der Waals surface area contributed by atoms with Crippen molar-refractivity contribution >= 4 is 33.2 Å². The molecule has 5 rings (SSSR count). The van der Waals surface area contributed by atoms with Crippen LogP contribution in [0.4, 0.5) is 5.69 Å². The van der Waals surface area contributed by atoms with Crippen LogP contribution < -0.4 is 4.31 Å². The summed E-state index contributed by atoms with van der Waals surface area (Å²) in [6.45, 7) is 3.94. The van der Waals surface area contributed by atoms with Crippen molar-refractivity contribution in [2.75, 3.05) is 37.0 Å². The summed E-state index contributed by atoms with van der Waals surface area (Å²) in [5.41, 5.74) is 3.66. The standard InChI is InChI=1S/C32H32ClN3O3S/c1-25-10-8-9-15-30(25)36(40(38,39)29-18-16-28(33)17-19-29)24-31(37)34-20-22-35(23-21-34)32(26-11-4-2-5-12-26)27-13-6-3-7-14-27/h2-19,32H,20-24H2,1H3. The smallest absolute Gasteiger partial charge is 0.264 e. The van der Waals surface area contributed by atoms with Crippen molar-refractivity contribution < 1.29 is 13.2 Å². The van der Waals surface area contributed by atoms with Crippen LogP contribution in [-0.2, 0) is 14.8 Å². The Balaban J connectivity index is 1.36. The number of para-hydroxylation sites is 1. The normalized spacial score (nSPS) is 14.3. The number of amides is 1. The Morgan fingerprint density at radius 3 is 1.85 bits per heavy atom. The van der Waals surface area contributed by atoms with Crippen LogP contribution in [-0.4, -0.2) is 56.8 Å².